The molecule has 1 saturated heterocycles. The molecule has 0 radical (unpaired) electrons. The summed E-state index contributed by atoms with van der Waals surface area (Å²) in [5.41, 5.74) is 4.28. The van der Waals surface area contributed by atoms with Crippen LogP contribution in [0.1, 0.15) is 25.5 Å². The van der Waals surface area contributed by atoms with Gasteiger partial charge in [-0.2, -0.15) is 0 Å². The van der Waals surface area contributed by atoms with Crippen molar-refractivity contribution in [1.82, 2.24) is 10.2 Å². The highest BCUT2D eigenvalue weighted by Gasteiger charge is 2.26. The SMILES string of the molecule is C/C(=C\Cl)CN1CC(C)NCC1c1ccccc1. The summed E-state index contributed by atoms with van der Waals surface area (Å²) >= 11 is 5.80. The number of hydrogen-bond acceptors (Lipinski definition) is 2. The maximum atomic E-state index is 5.80. The maximum absolute atomic E-state index is 5.80. The van der Waals surface area contributed by atoms with Gasteiger partial charge in [0, 0.05) is 37.3 Å². The molecule has 0 bridgehead atoms. The van der Waals surface area contributed by atoms with Gasteiger partial charge < -0.3 is 5.32 Å². The molecule has 98 valence electrons. The average molecular weight is 265 g/mol. The Bertz CT molecular complexity index is 402. The van der Waals surface area contributed by atoms with E-state index in [9.17, 15) is 0 Å². The van der Waals surface area contributed by atoms with E-state index in [1.165, 1.54) is 11.1 Å². The fourth-order valence-corrected chi connectivity index (χ4v) is 2.59. The molecule has 0 aromatic heterocycles. The van der Waals surface area contributed by atoms with Crippen LogP contribution in [0.3, 0.4) is 0 Å². The Morgan fingerprint density at radius 1 is 1.44 bits per heavy atom. The Labute approximate surface area is 115 Å². The second kappa shape index (κ2) is 6.37. The molecule has 1 heterocycles. The molecule has 1 fully saturated rings. The molecule has 3 heteroatoms. The molecule has 1 aromatic carbocycles. The third-order valence-electron chi connectivity index (χ3n) is 3.43. The Balaban J connectivity index is 2.15. The lowest BCUT2D eigenvalue weighted by Gasteiger charge is -2.39. The van der Waals surface area contributed by atoms with Crippen LogP contribution in [0, 0.1) is 0 Å². The molecule has 2 atom stereocenters. The first-order valence-corrected chi connectivity index (χ1v) is 6.92. The van der Waals surface area contributed by atoms with Gasteiger partial charge in [-0.1, -0.05) is 41.9 Å². The molecule has 1 N–H and O–H groups in total. The van der Waals surface area contributed by atoms with E-state index in [0.29, 0.717) is 12.1 Å². The fraction of sp³-hybridized carbons (Fsp3) is 0.467. The van der Waals surface area contributed by atoms with E-state index in [1.807, 2.05) is 0 Å². The summed E-state index contributed by atoms with van der Waals surface area (Å²) in [4.78, 5) is 2.50. The number of hydrogen-bond donors (Lipinski definition) is 1. The van der Waals surface area contributed by atoms with Crippen molar-refractivity contribution in [3.63, 3.8) is 0 Å². The summed E-state index contributed by atoms with van der Waals surface area (Å²) in [6, 6.07) is 11.7. The largest absolute Gasteiger partial charge is 0.311 e. The van der Waals surface area contributed by atoms with Crippen molar-refractivity contribution in [3.05, 3.63) is 47.0 Å². The molecule has 0 amide bonds. The highest BCUT2D eigenvalue weighted by Crippen LogP contribution is 2.24. The van der Waals surface area contributed by atoms with E-state index < -0.39 is 0 Å². The van der Waals surface area contributed by atoms with E-state index in [4.69, 9.17) is 11.6 Å². The van der Waals surface area contributed by atoms with Gasteiger partial charge in [-0.25, -0.2) is 0 Å². The first kappa shape index (κ1) is 13.6. The van der Waals surface area contributed by atoms with Gasteiger partial charge in [0.15, 0.2) is 0 Å². The van der Waals surface area contributed by atoms with Gasteiger partial charge in [-0.15, -0.1) is 0 Å². The quantitative estimate of drug-likeness (QED) is 0.902. The molecule has 1 aliphatic heterocycles. The minimum absolute atomic E-state index is 0.439. The Kier molecular flexibility index (Phi) is 4.81. The number of nitrogens with zero attached hydrogens (tertiary/aromatic N) is 1. The number of benzene rings is 1. The maximum Gasteiger partial charge on any atom is 0.0476 e. The summed E-state index contributed by atoms with van der Waals surface area (Å²) < 4.78 is 0. The first-order chi connectivity index (χ1) is 8.70. The zero-order valence-electron chi connectivity index (χ0n) is 11.1. The van der Waals surface area contributed by atoms with Crippen LogP contribution < -0.4 is 5.32 Å². The Morgan fingerprint density at radius 2 is 2.17 bits per heavy atom. The molecule has 1 aliphatic rings. The van der Waals surface area contributed by atoms with Crippen molar-refractivity contribution in [2.45, 2.75) is 25.9 Å². The van der Waals surface area contributed by atoms with Gasteiger partial charge in [-0.05, 0) is 25.0 Å². The third-order valence-corrected chi connectivity index (χ3v) is 3.80. The predicted molar refractivity (Wildman–Crippen MR) is 77.8 cm³/mol. The van der Waals surface area contributed by atoms with Gasteiger partial charge in [0.25, 0.3) is 0 Å². The monoisotopic (exact) mass is 264 g/mol. The molecule has 0 aliphatic carbocycles. The molecular formula is C15H21ClN2. The van der Waals surface area contributed by atoms with E-state index in [1.54, 1.807) is 5.54 Å². The molecule has 2 rings (SSSR count). The Morgan fingerprint density at radius 3 is 2.83 bits per heavy atom. The van der Waals surface area contributed by atoms with Crippen LogP contribution in [0.2, 0.25) is 0 Å². The van der Waals surface area contributed by atoms with Crippen LogP contribution in [0.15, 0.2) is 41.4 Å². The lowest BCUT2D eigenvalue weighted by Crippen LogP contribution is -2.51. The summed E-state index contributed by atoms with van der Waals surface area (Å²) in [5.74, 6) is 0. The second-order valence-corrected chi connectivity index (χ2v) is 5.34. The van der Waals surface area contributed by atoms with Crippen molar-refractivity contribution in [2.75, 3.05) is 19.6 Å². The number of piperazine rings is 1. The van der Waals surface area contributed by atoms with Crippen molar-refractivity contribution >= 4 is 11.6 Å². The fourth-order valence-electron chi connectivity index (χ4n) is 2.52. The van der Waals surface area contributed by atoms with E-state index in [0.717, 1.165) is 19.6 Å². The lowest BCUT2D eigenvalue weighted by atomic mass is 10.0. The van der Waals surface area contributed by atoms with Crippen LogP contribution in [-0.4, -0.2) is 30.6 Å². The summed E-state index contributed by atoms with van der Waals surface area (Å²) in [7, 11) is 0. The van der Waals surface area contributed by atoms with Crippen molar-refractivity contribution in [1.29, 1.82) is 0 Å². The standard InChI is InChI=1S/C15H21ClN2/c1-12(8-16)10-18-11-13(2)17-9-15(18)14-6-4-3-5-7-14/h3-8,13,15,17H,9-11H2,1-2H3/b12-8+. The molecule has 18 heavy (non-hydrogen) atoms. The minimum Gasteiger partial charge on any atom is -0.311 e. The lowest BCUT2D eigenvalue weighted by molar-refractivity contribution is 0.148. The first-order valence-electron chi connectivity index (χ1n) is 6.49. The minimum atomic E-state index is 0.439. The third kappa shape index (κ3) is 3.35. The average Bonchev–Trinajstić information content (AvgIpc) is 2.40. The van der Waals surface area contributed by atoms with E-state index in [2.05, 4.69) is 54.4 Å². The molecule has 0 saturated carbocycles. The van der Waals surface area contributed by atoms with Crippen LogP contribution in [0.25, 0.3) is 0 Å². The van der Waals surface area contributed by atoms with E-state index >= 15 is 0 Å². The molecule has 2 nitrogen and oxygen atoms in total. The number of nitrogens with one attached hydrogen (secondary N) is 1. The van der Waals surface area contributed by atoms with Gasteiger partial charge in [-0.3, -0.25) is 4.90 Å². The predicted octanol–water partition coefficient (Wildman–Crippen LogP) is 3.16. The van der Waals surface area contributed by atoms with Crippen molar-refractivity contribution in [3.8, 4) is 0 Å². The van der Waals surface area contributed by atoms with Gasteiger partial charge in [0.05, 0.1) is 0 Å². The Hall–Kier alpha value is -0.830. The smallest absolute Gasteiger partial charge is 0.0476 e. The van der Waals surface area contributed by atoms with Crippen LogP contribution in [-0.2, 0) is 0 Å². The summed E-state index contributed by atoms with van der Waals surface area (Å²) in [6.45, 7) is 7.31. The summed E-state index contributed by atoms with van der Waals surface area (Å²) in [6.07, 6.45) is 0. The number of rotatable bonds is 3. The molecule has 0 spiro atoms. The van der Waals surface area contributed by atoms with Gasteiger partial charge in [0.1, 0.15) is 0 Å². The highest BCUT2D eigenvalue weighted by atomic mass is 35.5. The number of halogens is 1. The van der Waals surface area contributed by atoms with Gasteiger partial charge >= 0.3 is 0 Å². The van der Waals surface area contributed by atoms with Crippen LogP contribution >= 0.6 is 11.6 Å². The second-order valence-electron chi connectivity index (χ2n) is 5.12. The van der Waals surface area contributed by atoms with Gasteiger partial charge in [0.2, 0.25) is 0 Å². The highest BCUT2D eigenvalue weighted by molar-refractivity contribution is 6.25. The van der Waals surface area contributed by atoms with Crippen molar-refractivity contribution < 1.29 is 0 Å². The topological polar surface area (TPSA) is 15.3 Å². The molecule has 1 aromatic rings. The molecular weight excluding hydrogens is 244 g/mol. The van der Waals surface area contributed by atoms with E-state index in [-0.39, 0.29) is 0 Å². The van der Waals surface area contributed by atoms with Crippen LogP contribution in [0.5, 0.6) is 0 Å². The van der Waals surface area contributed by atoms with Crippen LogP contribution in [0.4, 0.5) is 0 Å². The summed E-state index contributed by atoms with van der Waals surface area (Å²) in [5, 5.41) is 3.56. The normalized spacial score (nSPS) is 26.3. The molecule has 2 unspecified atom stereocenters. The zero-order valence-corrected chi connectivity index (χ0v) is 11.8. The van der Waals surface area contributed by atoms with Crippen molar-refractivity contribution in [2.24, 2.45) is 0 Å². The zero-order chi connectivity index (χ0) is 13.0.